The molecule has 202 valence electrons. The van der Waals surface area contributed by atoms with Gasteiger partial charge in [-0.2, -0.15) is 0 Å². The lowest BCUT2D eigenvalue weighted by Crippen LogP contribution is -2.56. The Kier molecular flexibility index (Phi) is 8.46. The van der Waals surface area contributed by atoms with Crippen molar-refractivity contribution in [3.8, 4) is 0 Å². The molecule has 2 atom stereocenters. The largest absolute Gasteiger partial charge is 0.463 e. The van der Waals surface area contributed by atoms with Gasteiger partial charge in [0, 0.05) is 44.5 Å². The Hall–Kier alpha value is -3.72. The number of esters is 1. The van der Waals surface area contributed by atoms with Gasteiger partial charge in [-0.05, 0) is 45.4 Å². The molecule has 3 amide bonds. The molecule has 38 heavy (non-hydrogen) atoms. The van der Waals surface area contributed by atoms with Crippen LogP contribution in [0.25, 0.3) is 0 Å². The minimum atomic E-state index is -0.638. The molecule has 2 unspecified atom stereocenters. The summed E-state index contributed by atoms with van der Waals surface area (Å²) in [5.74, 6) is -1.34. The number of hydrogen-bond donors (Lipinski definition) is 1. The first kappa shape index (κ1) is 27.3. The average molecular weight is 523 g/mol. The minimum absolute atomic E-state index is 0.0576. The normalized spacial score (nSPS) is 20.4. The Morgan fingerprint density at radius 2 is 1.87 bits per heavy atom. The van der Waals surface area contributed by atoms with Crippen LogP contribution in [0.4, 0.5) is 9.18 Å². The number of halogens is 1. The lowest BCUT2D eigenvalue weighted by molar-refractivity contribution is -0.139. The smallest absolute Gasteiger partial charge is 0.338 e. The highest BCUT2D eigenvalue weighted by atomic mass is 19.1. The molecule has 9 heteroatoms. The number of likely N-dealkylation sites (N-methyl/N-ethyl adjacent to an activating group) is 1. The fraction of sp³-hybridized carbons (Fsp3) is 0.414. The standard InChI is InChI=1S/C29H35FN4O4/c1-5-33-24(18-32-14-15-34(20(4)17-32)27(35)22-12-7-8-13-23(22)30)25(28(36)38-6-2)26(31-29(33)37)21-11-9-10-19(3)16-21/h7-13,16,20,26H,5-6,14-15,17-18H2,1-4H3,(H,31,37). The fourth-order valence-corrected chi connectivity index (χ4v) is 5.24. The van der Waals surface area contributed by atoms with Gasteiger partial charge < -0.3 is 15.0 Å². The van der Waals surface area contributed by atoms with Crippen molar-refractivity contribution in [2.24, 2.45) is 0 Å². The number of carbonyl (C=O) groups excluding carboxylic acids is 3. The van der Waals surface area contributed by atoms with E-state index in [1.54, 1.807) is 28.9 Å². The molecule has 2 aromatic carbocycles. The number of carbonyl (C=O) groups is 3. The topological polar surface area (TPSA) is 82.2 Å². The van der Waals surface area contributed by atoms with Crippen LogP contribution in [-0.2, 0) is 9.53 Å². The molecule has 1 saturated heterocycles. The highest BCUT2D eigenvalue weighted by molar-refractivity contribution is 5.96. The first-order chi connectivity index (χ1) is 18.2. The summed E-state index contributed by atoms with van der Waals surface area (Å²) in [4.78, 5) is 44.9. The summed E-state index contributed by atoms with van der Waals surface area (Å²) < 4.78 is 19.7. The molecule has 0 spiro atoms. The van der Waals surface area contributed by atoms with E-state index in [2.05, 4.69) is 10.2 Å². The molecule has 2 aliphatic heterocycles. The summed E-state index contributed by atoms with van der Waals surface area (Å²) in [5, 5.41) is 2.99. The molecule has 2 aliphatic rings. The van der Waals surface area contributed by atoms with Gasteiger partial charge in [-0.3, -0.25) is 14.6 Å². The average Bonchev–Trinajstić information content (AvgIpc) is 2.88. The van der Waals surface area contributed by atoms with E-state index in [0.717, 1.165) is 11.1 Å². The highest BCUT2D eigenvalue weighted by Crippen LogP contribution is 2.33. The predicted molar refractivity (Wildman–Crippen MR) is 142 cm³/mol. The van der Waals surface area contributed by atoms with E-state index in [4.69, 9.17) is 4.74 Å². The Morgan fingerprint density at radius 3 is 2.53 bits per heavy atom. The number of benzene rings is 2. The second kappa shape index (κ2) is 11.8. The molecule has 2 heterocycles. The maximum absolute atomic E-state index is 14.3. The summed E-state index contributed by atoms with van der Waals surface area (Å²) in [6.07, 6.45) is 0. The van der Waals surface area contributed by atoms with Gasteiger partial charge in [0.2, 0.25) is 0 Å². The second-order valence-corrected chi connectivity index (χ2v) is 9.68. The number of amides is 3. The molecule has 0 saturated carbocycles. The molecule has 8 nitrogen and oxygen atoms in total. The molecule has 0 bridgehead atoms. The van der Waals surface area contributed by atoms with E-state index in [-0.39, 0.29) is 30.2 Å². The van der Waals surface area contributed by atoms with Gasteiger partial charge >= 0.3 is 12.0 Å². The van der Waals surface area contributed by atoms with E-state index in [0.29, 0.717) is 44.0 Å². The number of aryl methyl sites for hydroxylation is 1. The summed E-state index contributed by atoms with van der Waals surface area (Å²) in [6, 6.07) is 12.6. The Labute approximate surface area is 223 Å². The van der Waals surface area contributed by atoms with Crippen LogP contribution in [-0.4, -0.2) is 78.0 Å². The van der Waals surface area contributed by atoms with Crippen LogP contribution in [0.15, 0.2) is 59.8 Å². The Morgan fingerprint density at radius 1 is 1.11 bits per heavy atom. The fourth-order valence-electron chi connectivity index (χ4n) is 5.24. The van der Waals surface area contributed by atoms with Crippen molar-refractivity contribution in [2.45, 2.75) is 39.8 Å². The van der Waals surface area contributed by atoms with E-state index < -0.39 is 17.8 Å². The quantitative estimate of drug-likeness (QED) is 0.558. The van der Waals surface area contributed by atoms with Crippen molar-refractivity contribution in [2.75, 3.05) is 39.3 Å². The summed E-state index contributed by atoms with van der Waals surface area (Å²) in [5.41, 5.74) is 2.90. The predicted octanol–water partition coefficient (Wildman–Crippen LogP) is 3.88. The number of piperazine rings is 1. The minimum Gasteiger partial charge on any atom is -0.463 e. The molecular weight excluding hydrogens is 487 g/mol. The summed E-state index contributed by atoms with van der Waals surface area (Å²) in [6.45, 7) is 9.86. The van der Waals surface area contributed by atoms with Crippen molar-refractivity contribution in [1.29, 1.82) is 0 Å². The summed E-state index contributed by atoms with van der Waals surface area (Å²) >= 11 is 0. The lowest BCUT2D eigenvalue weighted by Gasteiger charge is -2.43. The molecule has 1 fully saturated rings. The van der Waals surface area contributed by atoms with Crippen molar-refractivity contribution < 1.29 is 23.5 Å². The van der Waals surface area contributed by atoms with Crippen molar-refractivity contribution in [3.63, 3.8) is 0 Å². The van der Waals surface area contributed by atoms with Crippen LogP contribution in [0, 0.1) is 12.7 Å². The number of hydrogen-bond acceptors (Lipinski definition) is 5. The molecule has 2 aromatic rings. The third-order valence-corrected chi connectivity index (χ3v) is 7.08. The van der Waals surface area contributed by atoms with Crippen LogP contribution < -0.4 is 5.32 Å². The highest BCUT2D eigenvalue weighted by Gasteiger charge is 2.39. The van der Waals surface area contributed by atoms with E-state index in [1.165, 1.54) is 12.1 Å². The van der Waals surface area contributed by atoms with Crippen molar-refractivity contribution in [1.82, 2.24) is 20.0 Å². The van der Waals surface area contributed by atoms with Gasteiger partial charge in [-0.25, -0.2) is 14.0 Å². The van der Waals surface area contributed by atoms with Crippen LogP contribution in [0.3, 0.4) is 0 Å². The van der Waals surface area contributed by atoms with Crippen molar-refractivity contribution in [3.05, 3.63) is 82.3 Å². The van der Waals surface area contributed by atoms with Crippen LogP contribution >= 0.6 is 0 Å². The molecular formula is C29H35FN4O4. The number of urea groups is 1. The van der Waals surface area contributed by atoms with Crippen LogP contribution in [0.5, 0.6) is 0 Å². The third-order valence-electron chi connectivity index (χ3n) is 7.08. The maximum atomic E-state index is 14.3. The van der Waals surface area contributed by atoms with E-state index in [9.17, 15) is 18.8 Å². The van der Waals surface area contributed by atoms with E-state index >= 15 is 0 Å². The van der Waals surface area contributed by atoms with Gasteiger partial charge in [0.25, 0.3) is 5.91 Å². The monoisotopic (exact) mass is 522 g/mol. The Balaban J connectivity index is 1.64. The number of rotatable bonds is 7. The molecule has 1 N–H and O–H groups in total. The number of ether oxygens (including phenoxy) is 1. The summed E-state index contributed by atoms with van der Waals surface area (Å²) in [7, 11) is 0. The zero-order chi connectivity index (χ0) is 27.4. The Bertz CT molecular complexity index is 1250. The second-order valence-electron chi connectivity index (χ2n) is 9.68. The maximum Gasteiger partial charge on any atom is 0.338 e. The first-order valence-corrected chi connectivity index (χ1v) is 13.1. The van der Waals surface area contributed by atoms with Gasteiger partial charge in [0.15, 0.2) is 0 Å². The van der Waals surface area contributed by atoms with Gasteiger partial charge in [0.05, 0.1) is 23.8 Å². The zero-order valence-corrected chi connectivity index (χ0v) is 22.4. The number of nitrogens with zero attached hydrogens (tertiary/aromatic N) is 3. The third kappa shape index (κ3) is 5.57. The van der Waals surface area contributed by atoms with Gasteiger partial charge in [0.1, 0.15) is 5.82 Å². The molecule has 0 aliphatic carbocycles. The zero-order valence-electron chi connectivity index (χ0n) is 22.4. The van der Waals surface area contributed by atoms with Crippen LogP contribution in [0.1, 0.15) is 48.3 Å². The van der Waals surface area contributed by atoms with Crippen molar-refractivity contribution >= 4 is 17.9 Å². The van der Waals surface area contributed by atoms with Gasteiger partial charge in [-0.15, -0.1) is 0 Å². The SMILES string of the molecule is CCOC(=O)C1=C(CN2CCN(C(=O)c3ccccc3F)C(C)C2)N(CC)C(=O)NC1c1cccc(C)c1. The first-order valence-electron chi connectivity index (χ1n) is 13.1. The lowest BCUT2D eigenvalue weighted by atomic mass is 9.93. The molecule has 4 rings (SSSR count). The molecule has 0 aromatic heterocycles. The van der Waals surface area contributed by atoms with E-state index in [1.807, 2.05) is 45.0 Å². The van der Waals surface area contributed by atoms with Crippen LogP contribution in [0.2, 0.25) is 0 Å². The van der Waals surface area contributed by atoms with Gasteiger partial charge in [-0.1, -0.05) is 42.0 Å². The number of nitrogens with one attached hydrogen (secondary N) is 1. The molecule has 0 radical (unpaired) electrons.